The van der Waals surface area contributed by atoms with Crippen molar-refractivity contribution in [3.63, 3.8) is 0 Å². The monoisotopic (exact) mass is 458 g/mol. The summed E-state index contributed by atoms with van der Waals surface area (Å²) in [6, 6.07) is 9.87. The number of methoxy groups -OCH3 is 1. The number of thiophene rings is 1. The minimum absolute atomic E-state index is 0.0139. The van der Waals surface area contributed by atoms with Crippen molar-refractivity contribution in [1.82, 2.24) is 9.80 Å². The van der Waals surface area contributed by atoms with E-state index in [1.54, 1.807) is 16.2 Å². The minimum Gasteiger partial charge on any atom is -0.491 e. The van der Waals surface area contributed by atoms with E-state index in [1.165, 1.54) is 17.6 Å². The quantitative estimate of drug-likeness (QED) is 0.538. The zero-order chi connectivity index (χ0) is 23.1. The smallest absolute Gasteiger partial charge is 0.249 e. The number of carbonyl (C=O) groups is 2. The van der Waals surface area contributed by atoms with Crippen LogP contribution in [0, 0.1) is 12.8 Å². The van der Waals surface area contributed by atoms with Crippen LogP contribution in [0.1, 0.15) is 42.3 Å². The molecule has 1 atom stereocenters. The van der Waals surface area contributed by atoms with Gasteiger partial charge in [-0.2, -0.15) is 0 Å². The molecule has 0 saturated heterocycles. The summed E-state index contributed by atoms with van der Waals surface area (Å²) in [5, 5.41) is 2.08. The molecule has 1 aromatic carbocycles. The molecule has 0 aliphatic carbocycles. The van der Waals surface area contributed by atoms with Gasteiger partial charge in [-0.05, 0) is 54.8 Å². The molecule has 32 heavy (non-hydrogen) atoms. The molecule has 2 amide bonds. The molecule has 1 aromatic heterocycles. The van der Waals surface area contributed by atoms with Gasteiger partial charge in [0.2, 0.25) is 11.8 Å². The Morgan fingerprint density at radius 1 is 1.22 bits per heavy atom. The molecule has 0 saturated carbocycles. The normalized spacial score (nSPS) is 15.5. The molecule has 1 aliphatic rings. The molecule has 3 rings (SSSR count). The third-order valence-electron chi connectivity index (χ3n) is 5.77. The largest absolute Gasteiger partial charge is 0.491 e. The highest BCUT2D eigenvalue weighted by Crippen LogP contribution is 2.34. The molecule has 0 bridgehead atoms. The van der Waals surface area contributed by atoms with Crippen LogP contribution < -0.4 is 4.74 Å². The zero-order valence-electron chi connectivity index (χ0n) is 19.5. The summed E-state index contributed by atoms with van der Waals surface area (Å²) in [6.45, 7) is 7.88. The first-order valence-electron chi connectivity index (χ1n) is 11.2. The van der Waals surface area contributed by atoms with Crippen LogP contribution >= 0.6 is 11.3 Å². The Morgan fingerprint density at radius 2 is 1.97 bits per heavy atom. The molecule has 0 unspecified atom stereocenters. The Balaban J connectivity index is 1.74. The van der Waals surface area contributed by atoms with Gasteiger partial charge in [-0.1, -0.05) is 31.5 Å². The van der Waals surface area contributed by atoms with Gasteiger partial charge in [0.25, 0.3) is 0 Å². The van der Waals surface area contributed by atoms with Crippen LogP contribution in [0.15, 0.2) is 35.7 Å². The molecule has 0 radical (unpaired) electrons. The number of benzene rings is 1. The van der Waals surface area contributed by atoms with E-state index >= 15 is 0 Å². The molecular formula is C25H34N2O4S. The van der Waals surface area contributed by atoms with E-state index in [1.807, 2.05) is 36.1 Å². The third kappa shape index (κ3) is 6.33. The fourth-order valence-electron chi connectivity index (χ4n) is 3.86. The second-order valence-corrected chi connectivity index (χ2v) is 9.71. The molecular weight excluding hydrogens is 424 g/mol. The number of aryl methyl sites for hydroxylation is 1. The second-order valence-electron chi connectivity index (χ2n) is 8.71. The molecule has 0 fully saturated rings. The van der Waals surface area contributed by atoms with Gasteiger partial charge in [0.15, 0.2) is 0 Å². The number of amides is 2. The lowest BCUT2D eigenvalue weighted by Gasteiger charge is -2.37. The van der Waals surface area contributed by atoms with E-state index in [-0.39, 0.29) is 31.0 Å². The van der Waals surface area contributed by atoms with E-state index < -0.39 is 0 Å². The van der Waals surface area contributed by atoms with E-state index in [0.29, 0.717) is 25.6 Å². The summed E-state index contributed by atoms with van der Waals surface area (Å²) in [5.41, 5.74) is 2.33. The van der Waals surface area contributed by atoms with Crippen molar-refractivity contribution in [3.05, 3.63) is 51.7 Å². The number of hydrogen-bond donors (Lipinski definition) is 0. The number of rotatable bonds is 10. The lowest BCUT2D eigenvalue weighted by molar-refractivity contribution is -0.144. The predicted octanol–water partition coefficient (Wildman–Crippen LogP) is 4.08. The van der Waals surface area contributed by atoms with Crippen LogP contribution in [0.4, 0.5) is 0 Å². The molecule has 2 aromatic rings. The molecule has 2 heterocycles. The fraction of sp³-hybridized carbons (Fsp3) is 0.520. The van der Waals surface area contributed by atoms with Crippen molar-refractivity contribution in [2.24, 2.45) is 5.92 Å². The summed E-state index contributed by atoms with van der Waals surface area (Å²) >= 11 is 1.73. The standard InChI is InChI=1S/C25H34N2O4S/c1-18(2)9-12-26(25(29)17-30-4)15-24(28)27-13-10-23-21(11-14-32-23)22(27)16-31-20-7-5-19(3)6-8-20/h5-8,11,14,18,22H,9-10,12-13,15-17H2,1-4H3/t22-/m0/s1. The molecule has 1 aliphatic heterocycles. The van der Waals surface area contributed by atoms with Crippen molar-refractivity contribution in [3.8, 4) is 5.75 Å². The van der Waals surface area contributed by atoms with Gasteiger partial charge >= 0.3 is 0 Å². The van der Waals surface area contributed by atoms with Gasteiger partial charge in [-0.3, -0.25) is 9.59 Å². The summed E-state index contributed by atoms with van der Waals surface area (Å²) in [5.74, 6) is 1.04. The van der Waals surface area contributed by atoms with Crippen molar-refractivity contribution in [1.29, 1.82) is 0 Å². The summed E-state index contributed by atoms with van der Waals surface area (Å²) < 4.78 is 11.1. The molecule has 6 nitrogen and oxygen atoms in total. The first kappa shape index (κ1) is 24.3. The first-order chi connectivity index (χ1) is 15.4. The van der Waals surface area contributed by atoms with Gasteiger partial charge in [0.05, 0.1) is 12.6 Å². The van der Waals surface area contributed by atoms with Gasteiger partial charge in [-0.15, -0.1) is 11.3 Å². The number of hydrogen-bond acceptors (Lipinski definition) is 5. The van der Waals surface area contributed by atoms with E-state index in [9.17, 15) is 9.59 Å². The van der Waals surface area contributed by atoms with E-state index in [4.69, 9.17) is 9.47 Å². The van der Waals surface area contributed by atoms with E-state index in [0.717, 1.165) is 24.2 Å². The van der Waals surface area contributed by atoms with Crippen LogP contribution in [-0.2, 0) is 20.7 Å². The maximum absolute atomic E-state index is 13.4. The zero-order valence-corrected chi connectivity index (χ0v) is 20.3. The first-order valence-corrected chi connectivity index (χ1v) is 12.1. The Kier molecular flexibility index (Phi) is 8.70. The highest BCUT2D eigenvalue weighted by Gasteiger charge is 2.33. The number of nitrogens with zero attached hydrogens (tertiary/aromatic N) is 2. The second kappa shape index (κ2) is 11.5. The van der Waals surface area contributed by atoms with Crippen molar-refractivity contribution >= 4 is 23.2 Å². The lowest BCUT2D eigenvalue weighted by Crippen LogP contribution is -2.48. The number of ether oxygens (including phenoxy) is 2. The lowest BCUT2D eigenvalue weighted by atomic mass is 10.0. The highest BCUT2D eigenvalue weighted by atomic mass is 32.1. The van der Waals surface area contributed by atoms with E-state index in [2.05, 4.69) is 25.3 Å². The Bertz CT molecular complexity index is 894. The number of carbonyl (C=O) groups excluding carboxylic acids is 2. The third-order valence-corrected chi connectivity index (χ3v) is 6.76. The Labute approximate surface area is 195 Å². The summed E-state index contributed by atoms with van der Waals surface area (Å²) in [4.78, 5) is 30.8. The van der Waals surface area contributed by atoms with Crippen molar-refractivity contribution < 1.29 is 19.1 Å². The maximum atomic E-state index is 13.4. The van der Waals surface area contributed by atoms with Gasteiger partial charge < -0.3 is 19.3 Å². The molecule has 0 spiro atoms. The number of fused-ring (bicyclic) bond motifs is 1. The summed E-state index contributed by atoms with van der Waals surface area (Å²) in [6.07, 6.45) is 1.68. The average molecular weight is 459 g/mol. The van der Waals surface area contributed by atoms with Crippen molar-refractivity contribution in [2.75, 3.05) is 40.0 Å². The van der Waals surface area contributed by atoms with Crippen LogP contribution in [0.5, 0.6) is 5.75 Å². The predicted molar refractivity (Wildman–Crippen MR) is 127 cm³/mol. The van der Waals surface area contributed by atoms with Crippen LogP contribution in [0.3, 0.4) is 0 Å². The van der Waals surface area contributed by atoms with Crippen LogP contribution in [0.25, 0.3) is 0 Å². The molecule has 7 heteroatoms. The average Bonchev–Trinajstić information content (AvgIpc) is 3.25. The SMILES string of the molecule is COCC(=O)N(CCC(C)C)CC(=O)N1CCc2sccc2[C@@H]1COc1ccc(C)cc1. The maximum Gasteiger partial charge on any atom is 0.249 e. The molecule has 0 N–H and O–H groups in total. The minimum atomic E-state index is -0.164. The molecule has 174 valence electrons. The Hall–Kier alpha value is -2.38. The van der Waals surface area contributed by atoms with Gasteiger partial charge in [0, 0.05) is 25.1 Å². The van der Waals surface area contributed by atoms with Gasteiger partial charge in [-0.25, -0.2) is 0 Å². The van der Waals surface area contributed by atoms with Gasteiger partial charge in [0.1, 0.15) is 19.0 Å². The van der Waals surface area contributed by atoms with Crippen LogP contribution in [0.2, 0.25) is 0 Å². The highest BCUT2D eigenvalue weighted by molar-refractivity contribution is 7.10. The topological polar surface area (TPSA) is 59.1 Å². The fourth-order valence-corrected chi connectivity index (χ4v) is 4.79. The summed E-state index contributed by atoms with van der Waals surface area (Å²) in [7, 11) is 1.50. The van der Waals surface area contributed by atoms with Crippen molar-refractivity contribution in [2.45, 2.75) is 39.7 Å². The van der Waals surface area contributed by atoms with Crippen LogP contribution in [-0.4, -0.2) is 61.6 Å². The Morgan fingerprint density at radius 3 is 2.66 bits per heavy atom.